The molecule has 2 N–H and O–H groups in total. The summed E-state index contributed by atoms with van der Waals surface area (Å²) in [7, 11) is 0. The fourth-order valence-corrected chi connectivity index (χ4v) is 3.08. The number of piperidine rings is 1. The fraction of sp³-hybridized carbons (Fsp3) is 0.500. The lowest BCUT2D eigenvalue weighted by Crippen LogP contribution is -2.47. The van der Waals surface area contributed by atoms with Crippen molar-refractivity contribution in [1.82, 2.24) is 5.32 Å². The third-order valence-electron chi connectivity index (χ3n) is 3.55. The molecular formula is C12H14BrNO2. The van der Waals surface area contributed by atoms with E-state index in [9.17, 15) is 5.11 Å². The topological polar surface area (TPSA) is 41.5 Å². The largest absolute Gasteiger partial charge is 0.483 e. The number of halogens is 1. The van der Waals surface area contributed by atoms with Gasteiger partial charge in [-0.15, -0.1) is 0 Å². The Balaban J connectivity index is 2.02. The maximum absolute atomic E-state index is 10.4. The minimum Gasteiger partial charge on any atom is -0.483 e. The van der Waals surface area contributed by atoms with Crippen molar-refractivity contribution in [1.29, 1.82) is 0 Å². The molecule has 2 aliphatic rings. The lowest BCUT2D eigenvalue weighted by atomic mass is 9.85. The molecule has 86 valence electrons. The molecule has 1 saturated heterocycles. The van der Waals surface area contributed by atoms with E-state index in [0.29, 0.717) is 0 Å². The van der Waals surface area contributed by atoms with Crippen molar-refractivity contribution in [3.8, 4) is 5.75 Å². The molecule has 4 heteroatoms. The number of para-hydroxylation sites is 1. The van der Waals surface area contributed by atoms with Crippen molar-refractivity contribution in [3.05, 3.63) is 28.2 Å². The predicted molar refractivity (Wildman–Crippen MR) is 64.6 cm³/mol. The summed E-state index contributed by atoms with van der Waals surface area (Å²) in [4.78, 5) is 0. The number of fused-ring (bicyclic) bond motifs is 1. The van der Waals surface area contributed by atoms with Crippen LogP contribution in [-0.4, -0.2) is 23.8 Å². The lowest BCUT2D eigenvalue weighted by molar-refractivity contribution is -0.0487. The smallest absolute Gasteiger partial charge is 0.141 e. The van der Waals surface area contributed by atoms with Crippen molar-refractivity contribution >= 4 is 15.9 Å². The van der Waals surface area contributed by atoms with Crippen LogP contribution in [0.2, 0.25) is 0 Å². The summed E-state index contributed by atoms with van der Waals surface area (Å²) in [6.07, 6.45) is 1.21. The van der Waals surface area contributed by atoms with Crippen LogP contribution in [0.4, 0.5) is 0 Å². The first-order valence-corrected chi connectivity index (χ1v) is 6.38. The molecule has 3 rings (SSSR count). The highest BCUT2D eigenvalue weighted by Crippen LogP contribution is 2.50. The molecule has 1 fully saturated rings. The quantitative estimate of drug-likeness (QED) is 0.765. The Bertz CT molecular complexity index is 415. The summed E-state index contributed by atoms with van der Waals surface area (Å²) in [6.45, 7) is 1.81. The van der Waals surface area contributed by atoms with Gasteiger partial charge < -0.3 is 15.2 Å². The van der Waals surface area contributed by atoms with E-state index in [1.165, 1.54) is 0 Å². The maximum Gasteiger partial charge on any atom is 0.141 e. The molecule has 0 saturated carbocycles. The zero-order valence-electron chi connectivity index (χ0n) is 8.87. The number of hydrogen-bond donors (Lipinski definition) is 2. The monoisotopic (exact) mass is 283 g/mol. The van der Waals surface area contributed by atoms with E-state index in [4.69, 9.17) is 4.74 Å². The van der Waals surface area contributed by atoms with Crippen molar-refractivity contribution in [2.75, 3.05) is 13.1 Å². The van der Waals surface area contributed by atoms with Crippen molar-refractivity contribution < 1.29 is 9.84 Å². The van der Waals surface area contributed by atoms with Crippen molar-refractivity contribution in [3.63, 3.8) is 0 Å². The number of benzene rings is 1. The molecule has 2 heterocycles. The Kier molecular flexibility index (Phi) is 2.46. The number of aliphatic hydroxyl groups excluding tert-OH is 1. The van der Waals surface area contributed by atoms with Crippen LogP contribution in [0.1, 0.15) is 24.5 Å². The van der Waals surface area contributed by atoms with Crippen LogP contribution in [0, 0.1) is 0 Å². The first-order chi connectivity index (χ1) is 7.73. The van der Waals surface area contributed by atoms with Gasteiger partial charge in [0, 0.05) is 18.4 Å². The van der Waals surface area contributed by atoms with Crippen LogP contribution in [-0.2, 0) is 0 Å². The van der Waals surface area contributed by atoms with Crippen LogP contribution in [0.3, 0.4) is 0 Å². The molecule has 0 aliphatic carbocycles. The zero-order valence-corrected chi connectivity index (χ0v) is 10.5. The van der Waals surface area contributed by atoms with Gasteiger partial charge in [-0.05, 0) is 35.1 Å². The van der Waals surface area contributed by atoms with Crippen LogP contribution in [0.5, 0.6) is 5.75 Å². The predicted octanol–water partition coefficient (Wildman–Crippen LogP) is 2.00. The second-order valence-electron chi connectivity index (χ2n) is 4.48. The second-order valence-corrected chi connectivity index (χ2v) is 5.33. The van der Waals surface area contributed by atoms with E-state index in [1.54, 1.807) is 0 Å². The highest BCUT2D eigenvalue weighted by atomic mass is 79.9. The minimum atomic E-state index is -0.498. The molecular weight excluding hydrogens is 270 g/mol. The van der Waals surface area contributed by atoms with Crippen LogP contribution in [0.15, 0.2) is 22.7 Å². The van der Waals surface area contributed by atoms with Gasteiger partial charge >= 0.3 is 0 Å². The first kappa shape index (κ1) is 10.6. The molecule has 0 amide bonds. The van der Waals surface area contributed by atoms with Gasteiger partial charge in [-0.1, -0.05) is 12.1 Å². The Morgan fingerprint density at radius 3 is 2.81 bits per heavy atom. The third-order valence-corrected chi connectivity index (χ3v) is 4.17. The molecule has 1 unspecified atom stereocenters. The molecule has 0 aromatic heterocycles. The van der Waals surface area contributed by atoms with E-state index in [-0.39, 0.29) is 0 Å². The lowest BCUT2D eigenvalue weighted by Gasteiger charge is -2.35. The number of rotatable bonds is 0. The van der Waals surface area contributed by atoms with Crippen molar-refractivity contribution in [2.45, 2.75) is 24.5 Å². The molecule has 16 heavy (non-hydrogen) atoms. The van der Waals surface area contributed by atoms with E-state index >= 15 is 0 Å². The minimum absolute atomic E-state index is 0.405. The van der Waals surface area contributed by atoms with E-state index in [0.717, 1.165) is 41.7 Å². The molecule has 1 atom stereocenters. The average molecular weight is 284 g/mol. The Morgan fingerprint density at radius 1 is 1.38 bits per heavy atom. The van der Waals surface area contributed by atoms with Crippen LogP contribution < -0.4 is 10.1 Å². The summed E-state index contributed by atoms with van der Waals surface area (Å²) >= 11 is 3.47. The maximum atomic E-state index is 10.4. The van der Waals surface area contributed by atoms with Crippen molar-refractivity contribution in [2.24, 2.45) is 0 Å². The number of hydrogen-bond acceptors (Lipinski definition) is 3. The van der Waals surface area contributed by atoms with Gasteiger partial charge in [-0.25, -0.2) is 0 Å². The molecule has 1 aromatic rings. The average Bonchev–Trinajstić information content (AvgIpc) is 2.57. The highest BCUT2D eigenvalue weighted by molar-refractivity contribution is 9.10. The number of ether oxygens (including phenoxy) is 1. The molecule has 1 aromatic carbocycles. The summed E-state index contributed by atoms with van der Waals surface area (Å²) in [6, 6.07) is 5.84. The fourth-order valence-electron chi connectivity index (χ4n) is 2.62. The zero-order chi connectivity index (χ0) is 11.2. The van der Waals surface area contributed by atoms with Gasteiger partial charge in [0.25, 0.3) is 0 Å². The Labute approximate surface area is 103 Å². The molecule has 0 radical (unpaired) electrons. The molecule has 1 spiro atoms. The molecule has 3 nitrogen and oxygen atoms in total. The first-order valence-electron chi connectivity index (χ1n) is 5.59. The van der Waals surface area contributed by atoms with E-state index in [2.05, 4.69) is 21.2 Å². The number of nitrogens with one attached hydrogen (secondary N) is 1. The van der Waals surface area contributed by atoms with Crippen LogP contribution in [0.25, 0.3) is 0 Å². The van der Waals surface area contributed by atoms with Gasteiger partial charge in [-0.3, -0.25) is 0 Å². The summed E-state index contributed by atoms with van der Waals surface area (Å²) in [5.74, 6) is 0.817. The summed E-state index contributed by atoms with van der Waals surface area (Å²) < 4.78 is 6.97. The Hall–Kier alpha value is -0.580. The standard InChI is InChI=1S/C12H14BrNO2/c13-9-3-1-2-8-10(9)16-12(11(8)15)4-6-14-7-5-12/h1-3,11,14-15H,4-7H2. The third kappa shape index (κ3) is 1.40. The molecule has 2 aliphatic heterocycles. The summed E-state index contributed by atoms with van der Waals surface area (Å²) in [5, 5.41) is 13.7. The number of aliphatic hydroxyl groups is 1. The SMILES string of the molecule is OC1c2cccc(Br)c2OC12CCNCC2. The van der Waals surface area contributed by atoms with Gasteiger partial charge in [0.2, 0.25) is 0 Å². The second kappa shape index (κ2) is 3.72. The van der Waals surface area contributed by atoms with Gasteiger partial charge in [0.15, 0.2) is 0 Å². The van der Waals surface area contributed by atoms with E-state index in [1.807, 2.05) is 18.2 Å². The Morgan fingerprint density at radius 2 is 2.12 bits per heavy atom. The normalized spacial score (nSPS) is 26.5. The summed E-state index contributed by atoms with van der Waals surface area (Å²) in [5.41, 5.74) is 0.508. The van der Waals surface area contributed by atoms with Gasteiger partial charge in [-0.2, -0.15) is 0 Å². The van der Waals surface area contributed by atoms with E-state index < -0.39 is 11.7 Å². The van der Waals surface area contributed by atoms with Gasteiger partial charge in [0.1, 0.15) is 17.5 Å². The highest BCUT2D eigenvalue weighted by Gasteiger charge is 2.48. The van der Waals surface area contributed by atoms with Crippen LogP contribution >= 0.6 is 15.9 Å². The molecule has 0 bridgehead atoms. The van der Waals surface area contributed by atoms with Gasteiger partial charge in [0.05, 0.1) is 4.47 Å².